The van der Waals surface area contributed by atoms with Gasteiger partial charge in [-0.1, -0.05) is 103 Å². The average molecular weight is 781 g/mol. The van der Waals surface area contributed by atoms with Crippen LogP contribution in [0.2, 0.25) is 0 Å². The fourth-order valence-electron chi connectivity index (χ4n) is 10.7. The van der Waals surface area contributed by atoms with Gasteiger partial charge in [-0.3, -0.25) is 0 Å². The Bertz CT molecular complexity index is 3830. The molecule has 0 saturated heterocycles. The molecule has 6 heterocycles. The van der Waals surface area contributed by atoms with E-state index >= 15 is 0 Å². The topological polar surface area (TPSA) is 54.6 Å². The number of hydrogen-bond donors (Lipinski definition) is 0. The second kappa shape index (κ2) is 11.3. The van der Waals surface area contributed by atoms with Crippen LogP contribution in [0.5, 0.6) is 23.0 Å². The predicted molar refractivity (Wildman–Crippen MR) is 247 cm³/mol. The summed E-state index contributed by atoms with van der Waals surface area (Å²) in [6.07, 6.45) is 0. The molecule has 0 radical (unpaired) electrons. The highest BCUT2D eigenvalue weighted by Gasteiger charge is 2.40. The van der Waals surface area contributed by atoms with E-state index < -0.39 is 0 Å². The van der Waals surface area contributed by atoms with Crippen molar-refractivity contribution in [1.82, 2.24) is 9.13 Å². The Morgan fingerprint density at radius 3 is 1.30 bits per heavy atom. The molecule has 4 aromatic heterocycles. The number of ether oxygens (including phenoxy) is 2. The number of benzene rings is 9. The van der Waals surface area contributed by atoms with E-state index in [1.165, 1.54) is 10.8 Å². The minimum absolute atomic E-state index is 0.0951. The molecule has 9 aromatic carbocycles. The molecule has 0 unspecified atom stereocenters. The van der Waals surface area contributed by atoms with E-state index in [4.69, 9.17) is 18.3 Å². The maximum absolute atomic E-state index is 6.85. The smallest absolute Gasteiger partial charge is 0.260 e. The van der Waals surface area contributed by atoms with Gasteiger partial charge < -0.3 is 27.4 Å². The monoisotopic (exact) mass is 780 g/mol. The van der Waals surface area contributed by atoms with Gasteiger partial charge in [-0.05, 0) is 71.6 Å². The van der Waals surface area contributed by atoms with Crippen molar-refractivity contribution in [3.8, 4) is 34.4 Å². The molecule has 0 atom stereocenters. The van der Waals surface area contributed by atoms with E-state index in [1.54, 1.807) is 0 Å². The average Bonchev–Trinajstić information content (AvgIpc) is 4.06. The number of aromatic nitrogens is 2. The summed E-state index contributed by atoms with van der Waals surface area (Å²) in [6.45, 7) is -0.0951. The van der Waals surface area contributed by atoms with Crippen LogP contribution in [0.25, 0.3) is 98.9 Å². The number of furan rings is 2. The Morgan fingerprint density at radius 2 is 0.787 bits per heavy atom. The van der Waals surface area contributed by atoms with Crippen LogP contribution in [0.15, 0.2) is 185 Å². The molecule has 0 aliphatic carbocycles. The van der Waals surface area contributed by atoms with Crippen LogP contribution in [-0.4, -0.2) is 15.8 Å². The largest absolute Gasteiger partial charge is 0.458 e. The van der Waals surface area contributed by atoms with Crippen LogP contribution in [0.4, 0.5) is 0 Å². The lowest BCUT2D eigenvalue weighted by molar-refractivity contribution is 0.464. The van der Waals surface area contributed by atoms with Crippen molar-refractivity contribution in [2.45, 2.75) is 0 Å². The molecular formula is C54H29BN2O4. The Kier molecular flexibility index (Phi) is 5.90. The van der Waals surface area contributed by atoms with Gasteiger partial charge in [-0.2, -0.15) is 0 Å². The van der Waals surface area contributed by atoms with E-state index in [2.05, 4.69) is 155 Å². The van der Waals surface area contributed by atoms with E-state index in [0.29, 0.717) is 0 Å². The highest BCUT2D eigenvalue weighted by Crippen LogP contribution is 2.44. The van der Waals surface area contributed by atoms with E-state index in [-0.39, 0.29) is 6.71 Å². The first-order valence-electron chi connectivity index (χ1n) is 20.7. The summed E-state index contributed by atoms with van der Waals surface area (Å²) in [5.74, 6) is 3.25. The normalized spacial score (nSPS) is 13.1. The molecule has 0 saturated carbocycles. The van der Waals surface area contributed by atoms with Gasteiger partial charge in [0.15, 0.2) is 11.2 Å². The molecule has 0 N–H and O–H groups in total. The van der Waals surface area contributed by atoms with E-state index in [0.717, 1.165) is 127 Å². The van der Waals surface area contributed by atoms with Crippen LogP contribution >= 0.6 is 0 Å². The first-order chi connectivity index (χ1) is 30.2. The molecule has 0 amide bonds. The fourth-order valence-corrected chi connectivity index (χ4v) is 10.7. The molecule has 282 valence electrons. The standard InChI is InChI=1S/C54H29BN2O4/c1-5-14-42-32(10-1)36-22-24-38-34-12-3-7-16-44(34)60-53(38)51(36)56(42)30-20-26-40-48(28-30)58-46-18-9-19-47-50(46)55(40)41-27-21-31(29-49(41)59-47)57-43-15-6-2-11-33(43)37-23-25-39-35-13-4-8-17-45(35)61-54(39)52(37)57/h1-29H. The van der Waals surface area contributed by atoms with Crippen LogP contribution < -0.4 is 25.9 Å². The molecule has 0 spiro atoms. The SMILES string of the molecule is c1cc2c3c(c1)Oc1cc(-n4c5ccccc5c5ccc6c7ccccc7oc6c54)ccc1B3c1ccc(-n3c4ccccc4c4ccc5c6ccccc6oc5c43)cc1O2. The van der Waals surface area contributed by atoms with Gasteiger partial charge >= 0.3 is 0 Å². The lowest BCUT2D eigenvalue weighted by atomic mass is 9.35. The quantitative estimate of drug-likeness (QED) is 0.164. The Labute approximate surface area is 347 Å². The maximum Gasteiger partial charge on any atom is 0.260 e. The summed E-state index contributed by atoms with van der Waals surface area (Å²) in [4.78, 5) is 0. The number of nitrogens with zero attached hydrogens (tertiary/aromatic N) is 2. The van der Waals surface area contributed by atoms with Crippen molar-refractivity contribution in [2.75, 3.05) is 0 Å². The van der Waals surface area contributed by atoms with Gasteiger partial charge in [-0.25, -0.2) is 0 Å². The van der Waals surface area contributed by atoms with Crippen LogP contribution in [0.1, 0.15) is 0 Å². The van der Waals surface area contributed by atoms with E-state index in [1.807, 2.05) is 30.3 Å². The van der Waals surface area contributed by atoms with Crippen molar-refractivity contribution >= 4 is 111 Å². The highest BCUT2D eigenvalue weighted by atomic mass is 16.5. The fraction of sp³-hybridized carbons (Fsp3) is 0. The summed E-state index contributed by atoms with van der Waals surface area (Å²) in [5.41, 5.74) is 13.1. The molecule has 13 aromatic rings. The first kappa shape index (κ1) is 31.8. The summed E-state index contributed by atoms with van der Waals surface area (Å²) in [6, 6.07) is 62.0. The molecule has 0 bridgehead atoms. The lowest BCUT2D eigenvalue weighted by Crippen LogP contribution is -2.57. The first-order valence-corrected chi connectivity index (χ1v) is 20.7. The van der Waals surface area contributed by atoms with Crippen molar-refractivity contribution in [3.05, 3.63) is 176 Å². The van der Waals surface area contributed by atoms with Gasteiger partial charge in [0.1, 0.15) is 34.2 Å². The molecule has 2 aliphatic heterocycles. The summed E-state index contributed by atoms with van der Waals surface area (Å²) < 4.78 is 31.7. The third-order valence-electron chi connectivity index (χ3n) is 13.2. The maximum atomic E-state index is 6.85. The van der Waals surface area contributed by atoms with Gasteiger partial charge in [0.05, 0.1) is 22.1 Å². The van der Waals surface area contributed by atoms with Crippen molar-refractivity contribution in [1.29, 1.82) is 0 Å². The van der Waals surface area contributed by atoms with Gasteiger partial charge in [0.25, 0.3) is 6.71 Å². The Balaban J connectivity index is 0.933. The number of rotatable bonds is 2. The van der Waals surface area contributed by atoms with Crippen LogP contribution in [0, 0.1) is 0 Å². The zero-order valence-electron chi connectivity index (χ0n) is 32.3. The van der Waals surface area contributed by atoms with Gasteiger partial charge in [0.2, 0.25) is 0 Å². The second-order valence-corrected chi connectivity index (χ2v) is 16.3. The minimum Gasteiger partial charge on any atom is -0.458 e. The molecule has 61 heavy (non-hydrogen) atoms. The zero-order chi connectivity index (χ0) is 39.5. The predicted octanol–water partition coefficient (Wildman–Crippen LogP) is 12.4. The minimum atomic E-state index is -0.0951. The summed E-state index contributed by atoms with van der Waals surface area (Å²) in [7, 11) is 0. The van der Waals surface area contributed by atoms with Crippen molar-refractivity contribution in [3.63, 3.8) is 0 Å². The van der Waals surface area contributed by atoms with Crippen molar-refractivity contribution in [2.24, 2.45) is 0 Å². The summed E-state index contributed by atoms with van der Waals surface area (Å²) in [5, 5.41) is 9.06. The molecule has 2 aliphatic rings. The second-order valence-electron chi connectivity index (χ2n) is 16.3. The van der Waals surface area contributed by atoms with E-state index in [9.17, 15) is 0 Å². The number of hydrogen-bond acceptors (Lipinski definition) is 4. The molecule has 6 nitrogen and oxygen atoms in total. The lowest BCUT2D eigenvalue weighted by Gasteiger charge is -2.33. The Morgan fingerprint density at radius 1 is 0.344 bits per heavy atom. The number of para-hydroxylation sites is 4. The zero-order valence-corrected chi connectivity index (χ0v) is 32.3. The summed E-state index contributed by atoms with van der Waals surface area (Å²) >= 11 is 0. The molecule has 7 heteroatoms. The molecule has 0 fully saturated rings. The van der Waals surface area contributed by atoms with Gasteiger partial charge in [0, 0.05) is 72.1 Å². The molecular weight excluding hydrogens is 751 g/mol. The molecule has 15 rings (SSSR count). The third-order valence-corrected chi connectivity index (χ3v) is 13.2. The highest BCUT2D eigenvalue weighted by molar-refractivity contribution is 6.98. The van der Waals surface area contributed by atoms with Crippen LogP contribution in [-0.2, 0) is 0 Å². The van der Waals surface area contributed by atoms with Crippen molar-refractivity contribution < 1.29 is 18.3 Å². The Hall–Kier alpha value is -8.16. The number of fused-ring (bicyclic) bond motifs is 18. The van der Waals surface area contributed by atoms with Gasteiger partial charge in [-0.15, -0.1) is 0 Å². The van der Waals surface area contributed by atoms with Crippen LogP contribution in [0.3, 0.4) is 0 Å². The third kappa shape index (κ3) is 4.07.